The third-order valence-corrected chi connectivity index (χ3v) is 6.19. The van der Waals surface area contributed by atoms with E-state index < -0.39 is 0 Å². The second-order valence-corrected chi connectivity index (χ2v) is 7.49. The molecule has 0 aliphatic heterocycles. The predicted octanol–water partition coefficient (Wildman–Crippen LogP) is 3.98. The highest BCUT2D eigenvalue weighted by Gasteiger charge is 2.48. The Labute approximate surface area is 149 Å². The van der Waals surface area contributed by atoms with Crippen molar-refractivity contribution in [3.05, 3.63) is 15.5 Å². The summed E-state index contributed by atoms with van der Waals surface area (Å²) in [5.41, 5.74) is 0.779. The van der Waals surface area contributed by atoms with E-state index in [1.807, 2.05) is 13.8 Å². The molecule has 0 aromatic carbocycles. The molecule has 3 fully saturated rings. The van der Waals surface area contributed by atoms with Crippen LogP contribution in [0.4, 0.5) is 5.82 Å². The van der Waals surface area contributed by atoms with Crippen molar-refractivity contribution in [3.8, 4) is 0 Å². The molecule has 0 amide bonds. The highest BCUT2D eigenvalue weighted by molar-refractivity contribution is 9.10. The fourth-order valence-electron chi connectivity index (χ4n) is 4.01. The van der Waals surface area contributed by atoms with Crippen LogP contribution in [0.5, 0.6) is 0 Å². The van der Waals surface area contributed by atoms with Gasteiger partial charge in [-0.3, -0.25) is 4.79 Å². The van der Waals surface area contributed by atoms with Gasteiger partial charge in [0.25, 0.3) is 0 Å². The lowest BCUT2D eigenvalue weighted by Gasteiger charge is -2.47. The number of ether oxygens (including phenoxy) is 1. The van der Waals surface area contributed by atoms with Gasteiger partial charge in [-0.1, -0.05) is 0 Å². The van der Waals surface area contributed by atoms with Crippen LogP contribution >= 0.6 is 27.5 Å². The first-order valence-corrected chi connectivity index (χ1v) is 9.31. The molecule has 1 aromatic rings. The van der Waals surface area contributed by atoms with Gasteiger partial charge in [-0.05, 0) is 78.9 Å². The average Bonchev–Trinajstić information content (AvgIpc) is 2.53. The van der Waals surface area contributed by atoms with Crippen molar-refractivity contribution in [2.24, 2.45) is 17.8 Å². The topological polar surface area (TPSA) is 64.1 Å². The zero-order valence-corrected chi connectivity index (χ0v) is 15.7. The van der Waals surface area contributed by atoms with Gasteiger partial charge < -0.3 is 10.1 Å². The first-order valence-electron chi connectivity index (χ1n) is 8.14. The lowest BCUT2D eigenvalue weighted by Crippen LogP contribution is -2.52. The first-order chi connectivity index (χ1) is 11.0. The van der Waals surface area contributed by atoms with Crippen LogP contribution in [0.1, 0.15) is 38.3 Å². The van der Waals surface area contributed by atoms with Crippen molar-refractivity contribution in [1.82, 2.24) is 9.97 Å². The minimum absolute atomic E-state index is 0.0446. The Kier molecular flexibility index (Phi) is 5.11. The van der Waals surface area contributed by atoms with Crippen molar-refractivity contribution in [1.29, 1.82) is 0 Å². The summed E-state index contributed by atoms with van der Waals surface area (Å²) < 4.78 is 6.13. The molecule has 3 aliphatic rings. The number of aromatic nitrogens is 2. The van der Waals surface area contributed by atoms with Crippen molar-refractivity contribution < 1.29 is 9.53 Å². The molecule has 0 unspecified atom stereocenters. The maximum absolute atomic E-state index is 12.5. The van der Waals surface area contributed by atoms with Gasteiger partial charge in [0, 0.05) is 6.04 Å². The second-order valence-electron chi connectivity index (χ2n) is 6.36. The van der Waals surface area contributed by atoms with E-state index in [1.165, 1.54) is 0 Å². The minimum Gasteiger partial charge on any atom is -0.466 e. The molecule has 1 N–H and O–H groups in total. The highest BCUT2D eigenvalue weighted by atomic mass is 79.9. The van der Waals surface area contributed by atoms with Gasteiger partial charge in [0.2, 0.25) is 5.28 Å². The lowest BCUT2D eigenvalue weighted by atomic mass is 9.61. The molecular formula is C16H21BrClN3O2. The molecule has 23 heavy (non-hydrogen) atoms. The second kappa shape index (κ2) is 6.93. The maximum Gasteiger partial charge on any atom is 0.311 e. The Morgan fingerprint density at radius 3 is 2.61 bits per heavy atom. The van der Waals surface area contributed by atoms with Crippen molar-refractivity contribution >= 4 is 39.3 Å². The van der Waals surface area contributed by atoms with Gasteiger partial charge in [-0.15, -0.1) is 0 Å². The Morgan fingerprint density at radius 2 is 1.96 bits per heavy atom. The zero-order chi connectivity index (χ0) is 16.6. The molecule has 4 rings (SSSR count). The van der Waals surface area contributed by atoms with Crippen LogP contribution in [0.25, 0.3) is 0 Å². The number of anilines is 1. The number of hydrogen-bond acceptors (Lipinski definition) is 5. The van der Waals surface area contributed by atoms with Crippen molar-refractivity contribution in [2.75, 3.05) is 11.9 Å². The summed E-state index contributed by atoms with van der Waals surface area (Å²) in [5.74, 6) is 1.33. The molecule has 0 spiro atoms. The molecule has 3 aliphatic carbocycles. The number of hydrogen-bond donors (Lipinski definition) is 1. The summed E-state index contributed by atoms with van der Waals surface area (Å²) in [6.07, 6.45) is 4.51. The molecular weight excluding hydrogens is 382 g/mol. The van der Waals surface area contributed by atoms with Crippen LogP contribution in [0.15, 0.2) is 4.47 Å². The summed E-state index contributed by atoms with van der Waals surface area (Å²) in [6, 6.07) is 0.0446. The summed E-state index contributed by atoms with van der Waals surface area (Å²) in [7, 11) is 0. The van der Waals surface area contributed by atoms with Crippen molar-refractivity contribution in [2.45, 2.75) is 45.6 Å². The Balaban J connectivity index is 1.88. The number of esters is 1. The molecule has 7 heteroatoms. The van der Waals surface area contributed by atoms with Gasteiger partial charge in [-0.2, -0.15) is 4.98 Å². The number of aryl methyl sites for hydroxylation is 1. The monoisotopic (exact) mass is 401 g/mol. The molecule has 5 nitrogen and oxygen atoms in total. The van der Waals surface area contributed by atoms with Gasteiger partial charge in [0.15, 0.2) is 0 Å². The number of carbonyl (C=O) groups excluding carboxylic acids is 1. The first kappa shape index (κ1) is 17.0. The molecule has 126 valence electrons. The van der Waals surface area contributed by atoms with Gasteiger partial charge in [0.05, 0.1) is 22.7 Å². The van der Waals surface area contributed by atoms with Gasteiger partial charge in [-0.25, -0.2) is 4.98 Å². The fourth-order valence-corrected chi connectivity index (χ4v) is 4.52. The fraction of sp³-hybridized carbons (Fsp3) is 0.688. The molecule has 1 heterocycles. The summed E-state index contributed by atoms with van der Waals surface area (Å²) in [5, 5.41) is 3.68. The molecule has 0 radical (unpaired) electrons. The number of halogens is 2. The molecule has 1 aromatic heterocycles. The summed E-state index contributed by atoms with van der Waals surface area (Å²) in [4.78, 5) is 20.9. The minimum atomic E-state index is -0.108. The Bertz CT molecular complexity index is 605. The summed E-state index contributed by atoms with van der Waals surface area (Å²) in [6.45, 7) is 4.14. The number of nitrogens with zero attached hydrogens (tertiary/aromatic N) is 2. The largest absolute Gasteiger partial charge is 0.466 e. The van der Waals surface area contributed by atoms with E-state index >= 15 is 0 Å². The van der Waals surface area contributed by atoms with E-state index in [0.29, 0.717) is 24.3 Å². The average molecular weight is 403 g/mol. The molecule has 2 atom stereocenters. The predicted molar refractivity (Wildman–Crippen MR) is 92.5 cm³/mol. The third kappa shape index (κ3) is 3.33. The summed E-state index contributed by atoms with van der Waals surface area (Å²) >= 11 is 9.51. The van der Waals surface area contributed by atoms with Gasteiger partial charge in [0.1, 0.15) is 5.82 Å². The van der Waals surface area contributed by atoms with E-state index in [2.05, 4.69) is 31.2 Å². The molecule has 2 bridgehead atoms. The van der Waals surface area contributed by atoms with Crippen LogP contribution in [0, 0.1) is 24.7 Å². The number of carbonyl (C=O) groups is 1. The van der Waals surface area contributed by atoms with Crippen LogP contribution in [0.2, 0.25) is 5.28 Å². The molecule has 0 saturated heterocycles. The number of nitrogens with one attached hydrogen (secondary N) is 1. The van der Waals surface area contributed by atoms with E-state index in [0.717, 1.165) is 35.8 Å². The van der Waals surface area contributed by atoms with E-state index in [4.69, 9.17) is 16.3 Å². The number of fused-ring (bicyclic) bond motifs is 3. The normalized spacial score (nSPS) is 29.4. The van der Waals surface area contributed by atoms with Gasteiger partial charge >= 0.3 is 5.97 Å². The van der Waals surface area contributed by atoms with Crippen LogP contribution < -0.4 is 5.32 Å². The maximum atomic E-state index is 12.5. The van der Waals surface area contributed by atoms with E-state index in [-0.39, 0.29) is 23.2 Å². The quantitative estimate of drug-likeness (QED) is 0.609. The Morgan fingerprint density at radius 1 is 1.30 bits per heavy atom. The highest BCUT2D eigenvalue weighted by Crippen LogP contribution is 2.47. The van der Waals surface area contributed by atoms with E-state index in [9.17, 15) is 4.79 Å². The standard InChI is InChI=1S/C16H21BrClN3O2/c1-3-23-15(22)11-9-4-6-10(7-5-9)13(11)20-14-12(17)8(2)19-16(18)21-14/h9-11,13H,3-7H2,1-2H3,(H,19,20,21)/t9?,10?,11-,13-/m0/s1. The van der Waals surface area contributed by atoms with Crippen LogP contribution in [-0.4, -0.2) is 28.6 Å². The third-order valence-electron chi connectivity index (χ3n) is 5.07. The zero-order valence-electron chi connectivity index (χ0n) is 13.3. The lowest BCUT2D eigenvalue weighted by molar-refractivity contribution is -0.154. The Hall–Kier alpha value is -0.880. The number of rotatable bonds is 4. The molecule has 3 saturated carbocycles. The van der Waals surface area contributed by atoms with Crippen LogP contribution in [-0.2, 0) is 9.53 Å². The van der Waals surface area contributed by atoms with Crippen molar-refractivity contribution in [3.63, 3.8) is 0 Å². The smallest absolute Gasteiger partial charge is 0.311 e. The van der Waals surface area contributed by atoms with Crippen LogP contribution in [0.3, 0.4) is 0 Å². The SMILES string of the molecule is CCOC(=O)[C@H]1C2CCC(CC2)[C@@H]1Nc1nc(Cl)nc(C)c1Br. The van der Waals surface area contributed by atoms with E-state index in [1.54, 1.807) is 0 Å².